The van der Waals surface area contributed by atoms with Gasteiger partial charge in [0.05, 0.1) is 25.0 Å². The molecule has 0 aromatic carbocycles. The van der Waals surface area contributed by atoms with Crippen LogP contribution in [0.4, 0.5) is 0 Å². The van der Waals surface area contributed by atoms with Crippen molar-refractivity contribution in [3.8, 4) is 0 Å². The minimum atomic E-state index is -3.65. The van der Waals surface area contributed by atoms with E-state index in [0.29, 0.717) is 12.8 Å². The zero-order valence-electron chi connectivity index (χ0n) is 42.2. The summed E-state index contributed by atoms with van der Waals surface area (Å²) < 4.78 is 49.7. The third-order valence-electron chi connectivity index (χ3n) is 11.8. The summed E-state index contributed by atoms with van der Waals surface area (Å²) in [7, 11) is -7.31. The Morgan fingerprint density at radius 3 is 0.677 bits per heavy atom. The molecule has 0 aromatic heterocycles. The average molecular weight is 986 g/mol. The molecule has 13 heteroatoms. The average Bonchev–Trinajstić information content (AvgIpc) is 3.26. The van der Waals surface area contributed by atoms with Crippen LogP contribution in [0.3, 0.4) is 0 Å². The standard InChI is InChI=1S/2C26H51NO4S.Ca/c2*1-2-3-4-5-6-7-8-9-10-11-12-13-14-15-16-17-18-19-20-21-22-23-24-32(30,31)27-25-26(28)29;/h2*23-24,27H,2-22,25H2,1H3,(H,28,29);/q;;+2/p-2/b2*24-23+;. The number of nitrogens with one attached hydrogen (secondary N) is 2. The Morgan fingerprint density at radius 2 is 0.508 bits per heavy atom. The first-order chi connectivity index (χ1) is 31.0. The fourth-order valence-corrected chi connectivity index (χ4v) is 9.45. The normalized spacial score (nSPS) is 11.8. The molecule has 0 aliphatic rings. The van der Waals surface area contributed by atoms with Gasteiger partial charge in [-0.2, -0.15) is 0 Å². The quantitative estimate of drug-likeness (QED) is 0.0448. The van der Waals surface area contributed by atoms with Crippen molar-refractivity contribution in [2.45, 2.75) is 284 Å². The van der Waals surface area contributed by atoms with Gasteiger partial charge < -0.3 is 19.8 Å². The van der Waals surface area contributed by atoms with Gasteiger partial charge in [-0.3, -0.25) is 0 Å². The summed E-state index contributed by atoms with van der Waals surface area (Å²) in [5.74, 6) is -2.87. The van der Waals surface area contributed by atoms with E-state index < -0.39 is 45.1 Å². The Hall–Kier alpha value is -0.500. The molecule has 0 radical (unpaired) electrons. The Labute approximate surface area is 432 Å². The SMILES string of the molecule is CCCCCCCCCCCCCCCCCCCCCC/C=C/S(=O)(=O)NCC(=O)[O-].CCCCCCCCCCCCCCCCCCCCCC/C=C/S(=O)(=O)NCC(=O)[O-].[Ca+2]. The van der Waals surface area contributed by atoms with E-state index >= 15 is 0 Å². The van der Waals surface area contributed by atoms with E-state index in [1.807, 2.05) is 9.44 Å². The third-order valence-corrected chi connectivity index (χ3v) is 14.0. The van der Waals surface area contributed by atoms with Crippen molar-refractivity contribution in [2.24, 2.45) is 0 Å². The van der Waals surface area contributed by atoms with Crippen LogP contribution in [-0.4, -0.2) is 79.6 Å². The molecule has 10 nitrogen and oxygen atoms in total. The number of carboxylic acids is 2. The van der Waals surface area contributed by atoms with Crippen molar-refractivity contribution in [1.29, 1.82) is 0 Å². The fourth-order valence-electron chi connectivity index (χ4n) is 7.84. The second-order valence-electron chi connectivity index (χ2n) is 18.2. The molecule has 0 aliphatic heterocycles. The Bertz CT molecular complexity index is 1200. The van der Waals surface area contributed by atoms with Crippen LogP contribution >= 0.6 is 0 Å². The Balaban J connectivity index is -0.00000116. The zero-order chi connectivity index (χ0) is 47.5. The van der Waals surface area contributed by atoms with Crippen LogP contribution in [0, 0.1) is 0 Å². The molecule has 0 heterocycles. The number of aliphatic carboxylic acids is 2. The molecule has 0 unspecified atom stereocenters. The minimum absolute atomic E-state index is 0. The molecule has 0 spiro atoms. The molecular formula is C52H100CaN2O8S2. The molecule has 0 aliphatic carbocycles. The third kappa shape index (κ3) is 63.5. The molecule has 0 rings (SSSR count). The van der Waals surface area contributed by atoms with E-state index in [0.717, 1.165) is 36.5 Å². The molecule has 0 aromatic rings. The predicted molar refractivity (Wildman–Crippen MR) is 273 cm³/mol. The van der Waals surface area contributed by atoms with Crippen LogP contribution in [-0.2, 0) is 29.6 Å². The van der Waals surface area contributed by atoms with E-state index in [-0.39, 0.29) is 37.7 Å². The van der Waals surface area contributed by atoms with Crippen molar-refractivity contribution >= 4 is 69.7 Å². The van der Waals surface area contributed by atoms with Gasteiger partial charge >= 0.3 is 37.7 Å². The van der Waals surface area contributed by atoms with Crippen molar-refractivity contribution in [3.63, 3.8) is 0 Å². The van der Waals surface area contributed by atoms with Crippen molar-refractivity contribution in [1.82, 2.24) is 9.44 Å². The first-order valence-corrected chi connectivity index (χ1v) is 29.8. The summed E-state index contributed by atoms with van der Waals surface area (Å²) in [5, 5.41) is 22.6. The van der Waals surface area contributed by atoms with Crippen LogP contribution in [0.2, 0.25) is 0 Å². The summed E-state index contributed by atoms with van der Waals surface area (Å²) in [6, 6.07) is 0. The Kier molecular flexibility index (Phi) is 57.6. The van der Waals surface area contributed by atoms with Gasteiger partial charge in [-0.05, 0) is 25.7 Å². The van der Waals surface area contributed by atoms with Crippen molar-refractivity contribution in [3.05, 3.63) is 23.0 Å². The molecule has 65 heavy (non-hydrogen) atoms. The van der Waals surface area contributed by atoms with Crippen LogP contribution in [0.15, 0.2) is 23.0 Å². The first-order valence-electron chi connectivity index (χ1n) is 26.7. The number of unbranched alkanes of at least 4 members (excludes halogenated alkanes) is 40. The number of carboxylic acid groups (broad SMARTS) is 2. The van der Waals surface area contributed by atoms with Gasteiger partial charge in [0.15, 0.2) is 0 Å². The van der Waals surface area contributed by atoms with Gasteiger partial charge in [0.25, 0.3) is 0 Å². The molecular weight excluding hydrogens is 885 g/mol. The largest absolute Gasteiger partial charge is 2.00 e. The van der Waals surface area contributed by atoms with Gasteiger partial charge in [0.1, 0.15) is 0 Å². The monoisotopic (exact) mass is 985 g/mol. The Morgan fingerprint density at radius 1 is 0.338 bits per heavy atom. The van der Waals surface area contributed by atoms with Crippen molar-refractivity contribution < 1.29 is 36.6 Å². The maximum absolute atomic E-state index is 11.5. The number of hydrogen-bond donors (Lipinski definition) is 2. The van der Waals surface area contributed by atoms with Gasteiger partial charge in [0, 0.05) is 10.8 Å². The van der Waals surface area contributed by atoms with Gasteiger partial charge in [-0.15, -0.1) is 0 Å². The summed E-state index contributed by atoms with van der Waals surface area (Å²) in [5.41, 5.74) is 0. The van der Waals surface area contributed by atoms with E-state index in [4.69, 9.17) is 0 Å². The number of sulfonamides is 2. The summed E-state index contributed by atoms with van der Waals surface area (Å²) in [4.78, 5) is 20.5. The van der Waals surface area contributed by atoms with E-state index in [1.54, 1.807) is 12.2 Å². The number of allylic oxidation sites excluding steroid dienone is 2. The van der Waals surface area contributed by atoms with Gasteiger partial charge in [-0.1, -0.05) is 270 Å². The number of carbonyl (C=O) groups excluding carboxylic acids is 2. The zero-order valence-corrected chi connectivity index (χ0v) is 46.1. The van der Waals surface area contributed by atoms with Crippen LogP contribution in [0.25, 0.3) is 0 Å². The number of hydrogen-bond acceptors (Lipinski definition) is 8. The second kappa shape index (κ2) is 54.4. The molecule has 0 saturated heterocycles. The van der Waals surface area contributed by atoms with Crippen LogP contribution in [0.5, 0.6) is 0 Å². The van der Waals surface area contributed by atoms with E-state index in [2.05, 4.69) is 13.8 Å². The number of carbonyl (C=O) groups is 2. The molecule has 0 amide bonds. The minimum Gasteiger partial charge on any atom is -0.549 e. The van der Waals surface area contributed by atoms with Crippen LogP contribution < -0.4 is 19.7 Å². The second-order valence-corrected chi connectivity index (χ2v) is 21.5. The smallest absolute Gasteiger partial charge is 0.549 e. The summed E-state index contributed by atoms with van der Waals surface area (Å²) in [6.07, 6.45) is 58.3. The topological polar surface area (TPSA) is 173 Å². The summed E-state index contributed by atoms with van der Waals surface area (Å²) in [6.45, 7) is 3.17. The fraction of sp³-hybridized carbons (Fsp3) is 0.885. The molecule has 0 saturated carbocycles. The molecule has 0 atom stereocenters. The molecule has 0 fully saturated rings. The van der Waals surface area contributed by atoms with E-state index in [9.17, 15) is 36.6 Å². The number of rotatable bonds is 50. The predicted octanol–water partition coefficient (Wildman–Crippen LogP) is 12.4. The first kappa shape index (κ1) is 68.8. The molecule has 380 valence electrons. The molecule has 0 bridgehead atoms. The summed E-state index contributed by atoms with van der Waals surface area (Å²) >= 11 is 0. The maximum atomic E-state index is 11.5. The van der Waals surface area contributed by atoms with Crippen LogP contribution in [0.1, 0.15) is 284 Å². The van der Waals surface area contributed by atoms with Gasteiger partial charge in [-0.25, -0.2) is 26.3 Å². The maximum Gasteiger partial charge on any atom is 2.00 e. The van der Waals surface area contributed by atoms with Crippen molar-refractivity contribution in [2.75, 3.05) is 13.1 Å². The van der Waals surface area contributed by atoms with E-state index in [1.165, 1.54) is 231 Å². The molecule has 2 N–H and O–H groups in total. The van der Waals surface area contributed by atoms with Gasteiger partial charge in [0.2, 0.25) is 20.0 Å².